The summed E-state index contributed by atoms with van der Waals surface area (Å²) in [6.45, 7) is 1.99. The fraction of sp³-hybridized carbons (Fsp3) is 0.125. The quantitative estimate of drug-likeness (QED) is 0.674. The smallest absolute Gasteiger partial charge is 0.339 e. The number of esters is 1. The second kappa shape index (κ2) is 4.76. The molecule has 0 amide bonds. The Balaban J connectivity index is 2.19. The third-order valence-electron chi connectivity index (χ3n) is 3.33. The first-order chi connectivity index (χ1) is 9.65. The molecule has 2 aromatic rings. The number of hydrogen-bond donors (Lipinski definition) is 0. The number of fused-ring (bicyclic) bond motifs is 3. The standard InChI is InChI=1S/C16H11ClO3/c1-2-20-16(19)12-8-7-10-9-5-3-4-6-11(9)15(18)13(10)14(12)17/h3-8H,2H2,1H3. The highest BCUT2D eigenvalue weighted by molar-refractivity contribution is 6.40. The van der Waals surface area contributed by atoms with Crippen molar-refractivity contribution in [3.8, 4) is 11.1 Å². The van der Waals surface area contributed by atoms with Crippen LogP contribution in [0.1, 0.15) is 33.2 Å². The summed E-state index contributed by atoms with van der Waals surface area (Å²) in [5.74, 6) is -0.657. The highest BCUT2D eigenvalue weighted by Crippen LogP contribution is 2.41. The molecule has 3 rings (SSSR count). The SMILES string of the molecule is CCOC(=O)c1ccc2c(c1Cl)C(=O)c1ccccc1-2. The third-order valence-corrected chi connectivity index (χ3v) is 3.72. The van der Waals surface area contributed by atoms with Gasteiger partial charge in [0.25, 0.3) is 0 Å². The third kappa shape index (κ3) is 1.74. The molecule has 0 bridgehead atoms. The van der Waals surface area contributed by atoms with Crippen LogP contribution in [0.2, 0.25) is 5.02 Å². The van der Waals surface area contributed by atoms with Crippen molar-refractivity contribution in [2.75, 3.05) is 6.61 Å². The lowest BCUT2D eigenvalue weighted by molar-refractivity contribution is 0.0526. The zero-order chi connectivity index (χ0) is 14.3. The molecule has 0 atom stereocenters. The normalized spacial score (nSPS) is 12.0. The Morgan fingerprint density at radius 2 is 1.80 bits per heavy atom. The molecule has 0 aromatic heterocycles. The molecular formula is C16H11ClO3. The second-order valence-electron chi connectivity index (χ2n) is 4.44. The summed E-state index contributed by atoms with van der Waals surface area (Å²) in [6, 6.07) is 10.7. The van der Waals surface area contributed by atoms with Crippen LogP contribution in [-0.4, -0.2) is 18.4 Å². The number of rotatable bonds is 2. The largest absolute Gasteiger partial charge is 0.462 e. The van der Waals surface area contributed by atoms with Gasteiger partial charge in [0, 0.05) is 11.1 Å². The maximum absolute atomic E-state index is 12.4. The van der Waals surface area contributed by atoms with Crippen molar-refractivity contribution in [3.63, 3.8) is 0 Å². The van der Waals surface area contributed by atoms with E-state index in [0.29, 0.717) is 11.1 Å². The van der Waals surface area contributed by atoms with Gasteiger partial charge in [-0.05, 0) is 24.1 Å². The van der Waals surface area contributed by atoms with Gasteiger partial charge in [-0.25, -0.2) is 4.79 Å². The minimum Gasteiger partial charge on any atom is -0.462 e. The van der Waals surface area contributed by atoms with Crippen molar-refractivity contribution >= 4 is 23.4 Å². The van der Waals surface area contributed by atoms with Gasteiger partial charge in [-0.1, -0.05) is 41.9 Å². The predicted octanol–water partition coefficient (Wildman–Crippen LogP) is 3.73. The Hall–Kier alpha value is -2.13. The van der Waals surface area contributed by atoms with E-state index in [1.807, 2.05) is 18.2 Å². The van der Waals surface area contributed by atoms with E-state index in [2.05, 4.69) is 0 Å². The van der Waals surface area contributed by atoms with Crippen LogP contribution >= 0.6 is 11.6 Å². The van der Waals surface area contributed by atoms with E-state index in [1.54, 1.807) is 25.1 Å². The fourth-order valence-corrected chi connectivity index (χ4v) is 2.77. The summed E-state index contributed by atoms with van der Waals surface area (Å²) < 4.78 is 4.95. The van der Waals surface area contributed by atoms with Crippen molar-refractivity contribution in [1.29, 1.82) is 0 Å². The number of carbonyl (C=O) groups is 2. The lowest BCUT2D eigenvalue weighted by Gasteiger charge is -2.07. The number of benzene rings is 2. The number of halogens is 1. The fourth-order valence-electron chi connectivity index (χ4n) is 2.44. The molecule has 3 nitrogen and oxygen atoms in total. The van der Waals surface area contributed by atoms with Crippen LogP contribution in [0.4, 0.5) is 0 Å². The molecule has 100 valence electrons. The van der Waals surface area contributed by atoms with Crippen LogP contribution in [0, 0.1) is 0 Å². The molecule has 2 aromatic carbocycles. The van der Waals surface area contributed by atoms with E-state index in [4.69, 9.17) is 16.3 Å². The van der Waals surface area contributed by atoms with Crippen molar-refractivity contribution in [1.82, 2.24) is 0 Å². The maximum Gasteiger partial charge on any atom is 0.339 e. The Bertz CT molecular complexity index is 734. The molecule has 4 heteroatoms. The zero-order valence-electron chi connectivity index (χ0n) is 10.8. The number of ketones is 1. The van der Waals surface area contributed by atoms with Crippen molar-refractivity contribution in [2.45, 2.75) is 6.92 Å². The van der Waals surface area contributed by atoms with E-state index in [-0.39, 0.29) is 23.0 Å². The molecule has 0 unspecified atom stereocenters. The number of carbonyl (C=O) groups excluding carboxylic acids is 2. The molecule has 0 saturated carbocycles. The predicted molar refractivity (Wildman–Crippen MR) is 76.3 cm³/mol. The van der Waals surface area contributed by atoms with E-state index in [9.17, 15) is 9.59 Å². The molecule has 0 fully saturated rings. The van der Waals surface area contributed by atoms with Gasteiger partial charge < -0.3 is 4.74 Å². The van der Waals surface area contributed by atoms with Gasteiger partial charge in [0.2, 0.25) is 0 Å². The first-order valence-electron chi connectivity index (χ1n) is 6.29. The number of ether oxygens (including phenoxy) is 1. The lowest BCUT2D eigenvalue weighted by Crippen LogP contribution is -2.07. The van der Waals surface area contributed by atoms with Gasteiger partial charge in [0.15, 0.2) is 5.78 Å². The summed E-state index contributed by atoms with van der Waals surface area (Å²) in [4.78, 5) is 24.2. The Labute approximate surface area is 121 Å². The van der Waals surface area contributed by atoms with Gasteiger partial charge in [-0.2, -0.15) is 0 Å². The molecule has 1 aliphatic rings. The second-order valence-corrected chi connectivity index (χ2v) is 4.82. The van der Waals surface area contributed by atoms with Gasteiger partial charge >= 0.3 is 5.97 Å². The van der Waals surface area contributed by atoms with Crippen LogP contribution in [0.5, 0.6) is 0 Å². The average Bonchev–Trinajstić information content (AvgIpc) is 2.74. The van der Waals surface area contributed by atoms with Crippen molar-refractivity contribution < 1.29 is 14.3 Å². The van der Waals surface area contributed by atoms with E-state index in [0.717, 1.165) is 11.1 Å². The minimum atomic E-state index is -0.510. The molecule has 0 N–H and O–H groups in total. The van der Waals surface area contributed by atoms with E-state index >= 15 is 0 Å². The van der Waals surface area contributed by atoms with Crippen LogP contribution in [0.3, 0.4) is 0 Å². The lowest BCUT2D eigenvalue weighted by atomic mass is 10.0. The molecule has 20 heavy (non-hydrogen) atoms. The molecule has 0 saturated heterocycles. The molecule has 0 radical (unpaired) electrons. The van der Waals surface area contributed by atoms with E-state index < -0.39 is 5.97 Å². The first-order valence-corrected chi connectivity index (χ1v) is 6.66. The van der Waals surface area contributed by atoms with Crippen molar-refractivity contribution in [2.24, 2.45) is 0 Å². The summed E-state index contributed by atoms with van der Waals surface area (Å²) in [6.07, 6.45) is 0. The Morgan fingerprint density at radius 3 is 2.50 bits per heavy atom. The van der Waals surface area contributed by atoms with E-state index in [1.165, 1.54) is 0 Å². The highest BCUT2D eigenvalue weighted by Gasteiger charge is 2.31. The topological polar surface area (TPSA) is 43.4 Å². The molecular weight excluding hydrogens is 276 g/mol. The maximum atomic E-state index is 12.4. The Kier molecular flexibility index (Phi) is 3.07. The molecule has 1 aliphatic carbocycles. The zero-order valence-corrected chi connectivity index (χ0v) is 11.5. The van der Waals surface area contributed by atoms with Gasteiger partial charge in [0.05, 0.1) is 17.2 Å². The highest BCUT2D eigenvalue weighted by atomic mass is 35.5. The van der Waals surface area contributed by atoms with Gasteiger partial charge in [-0.15, -0.1) is 0 Å². The number of hydrogen-bond acceptors (Lipinski definition) is 3. The molecule has 0 aliphatic heterocycles. The minimum absolute atomic E-state index is 0.147. The summed E-state index contributed by atoms with van der Waals surface area (Å²) in [7, 11) is 0. The summed E-state index contributed by atoms with van der Waals surface area (Å²) >= 11 is 6.25. The van der Waals surface area contributed by atoms with Crippen LogP contribution in [0.25, 0.3) is 11.1 Å². The van der Waals surface area contributed by atoms with Crippen LogP contribution in [0.15, 0.2) is 36.4 Å². The summed E-state index contributed by atoms with van der Waals surface area (Å²) in [5.41, 5.74) is 2.85. The van der Waals surface area contributed by atoms with Gasteiger partial charge in [-0.3, -0.25) is 4.79 Å². The molecule has 0 spiro atoms. The molecule has 0 heterocycles. The van der Waals surface area contributed by atoms with Gasteiger partial charge in [0.1, 0.15) is 0 Å². The van der Waals surface area contributed by atoms with Crippen LogP contribution in [-0.2, 0) is 4.74 Å². The monoisotopic (exact) mass is 286 g/mol. The van der Waals surface area contributed by atoms with Crippen molar-refractivity contribution in [3.05, 3.63) is 58.1 Å². The van der Waals surface area contributed by atoms with Crippen LogP contribution < -0.4 is 0 Å². The first kappa shape index (κ1) is 12.9. The summed E-state index contributed by atoms with van der Waals surface area (Å²) in [5, 5.41) is 0.169. The average molecular weight is 287 g/mol. The Morgan fingerprint density at radius 1 is 1.10 bits per heavy atom.